The average molecular weight is 299 g/mol. The summed E-state index contributed by atoms with van der Waals surface area (Å²) in [6.45, 7) is 3.02. The van der Waals surface area contributed by atoms with Crippen molar-refractivity contribution in [3.05, 3.63) is 0 Å². The number of carbonyl (C=O) groups excluding carboxylic acids is 1. The first-order valence-corrected chi connectivity index (χ1v) is 7.58. The number of carboxylic acids is 1. The minimum Gasteiger partial charge on any atom is -0.481 e. The Kier molecular flexibility index (Phi) is 5.55. The molecule has 2 rings (SSSR count). The normalized spacial score (nSPS) is 23.7. The van der Waals surface area contributed by atoms with Crippen molar-refractivity contribution in [3.63, 3.8) is 0 Å². The minimum absolute atomic E-state index is 0.113. The Bertz CT molecular complexity index is 374. The molecule has 4 N–H and O–H groups in total. The van der Waals surface area contributed by atoms with Gasteiger partial charge in [-0.3, -0.25) is 14.5 Å². The highest BCUT2D eigenvalue weighted by Gasteiger charge is 2.40. The van der Waals surface area contributed by atoms with Crippen molar-refractivity contribution in [2.24, 2.45) is 11.1 Å². The van der Waals surface area contributed by atoms with E-state index in [-0.39, 0.29) is 18.5 Å². The molecule has 2 aliphatic heterocycles. The summed E-state index contributed by atoms with van der Waals surface area (Å²) in [5.74, 6) is -0.965. The Morgan fingerprint density at radius 3 is 2.48 bits per heavy atom. The summed E-state index contributed by atoms with van der Waals surface area (Å²) in [5.41, 5.74) is 4.95. The van der Waals surface area contributed by atoms with E-state index >= 15 is 0 Å². The maximum absolute atomic E-state index is 12.0. The van der Waals surface area contributed by atoms with Gasteiger partial charge in [0.25, 0.3) is 0 Å². The van der Waals surface area contributed by atoms with E-state index in [9.17, 15) is 14.7 Å². The molecule has 1 amide bonds. The maximum Gasteiger partial charge on any atom is 0.311 e. The molecule has 0 atom stereocenters. The van der Waals surface area contributed by atoms with Gasteiger partial charge >= 0.3 is 5.97 Å². The first-order chi connectivity index (χ1) is 10.0. The molecule has 0 aromatic carbocycles. The third kappa shape index (κ3) is 4.39. The summed E-state index contributed by atoms with van der Waals surface area (Å²) in [6.07, 6.45) is 2.70. The van der Waals surface area contributed by atoms with Gasteiger partial charge in [0.2, 0.25) is 5.91 Å². The van der Waals surface area contributed by atoms with Crippen LogP contribution in [0.3, 0.4) is 0 Å². The predicted molar refractivity (Wildman–Crippen MR) is 76.8 cm³/mol. The summed E-state index contributed by atoms with van der Waals surface area (Å²) in [5, 5.41) is 12.2. The number of piperidine rings is 1. The van der Waals surface area contributed by atoms with Crippen LogP contribution in [0.25, 0.3) is 0 Å². The van der Waals surface area contributed by atoms with Crippen molar-refractivity contribution in [1.29, 1.82) is 0 Å². The van der Waals surface area contributed by atoms with E-state index < -0.39 is 11.4 Å². The SMILES string of the molecule is NC1CCN(CC(=O)NCC2(C(=O)O)CCOCC2)CC1. The number of amides is 1. The van der Waals surface area contributed by atoms with Gasteiger partial charge in [0.1, 0.15) is 0 Å². The van der Waals surface area contributed by atoms with E-state index in [4.69, 9.17) is 10.5 Å². The van der Waals surface area contributed by atoms with Gasteiger partial charge in [0.15, 0.2) is 0 Å². The van der Waals surface area contributed by atoms with Crippen LogP contribution in [0.15, 0.2) is 0 Å². The van der Waals surface area contributed by atoms with Crippen molar-refractivity contribution in [2.75, 3.05) is 39.4 Å². The zero-order valence-electron chi connectivity index (χ0n) is 12.3. The fourth-order valence-electron chi connectivity index (χ4n) is 2.87. The van der Waals surface area contributed by atoms with E-state index in [1.807, 2.05) is 0 Å². The number of hydrogen-bond acceptors (Lipinski definition) is 5. The molecule has 0 radical (unpaired) electrons. The summed E-state index contributed by atoms with van der Waals surface area (Å²) in [4.78, 5) is 25.5. The lowest BCUT2D eigenvalue weighted by Gasteiger charge is -2.34. The monoisotopic (exact) mass is 299 g/mol. The second kappa shape index (κ2) is 7.20. The smallest absolute Gasteiger partial charge is 0.311 e. The lowest BCUT2D eigenvalue weighted by atomic mass is 9.80. The average Bonchev–Trinajstić information content (AvgIpc) is 2.48. The molecule has 2 heterocycles. The highest BCUT2D eigenvalue weighted by molar-refractivity contribution is 5.80. The quantitative estimate of drug-likeness (QED) is 0.626. The van der Waals surface area contributed by atoms with Crippen molar-refractivity contribution >= 4 is 11.9 Å². The molecule has 0 unspecified atom stereocenters. The largest absolute Gasteiger partial charge is 0.481 e. The van der Waals surface area contributed by atoms with Gasteiger partial charge in [-0.1, -0.05) is 0 Å². The highest BCUT2D eigenvalue weighted by Crippen LogP contribution is 2.30. The minimum atomic E-state index is -0.877. The van der Waals surface area contributed by atoms with Gasteiger partial charge in [0, 0.05) is 38.9 Å². The molecular weight excluding hydrogens is 274 g/mol. The number of hydrogen-bond donors (Lipinski definition) is 3. The number of nitrogens with zero attached hydrogens (tertiary/aromatic N) is 1. The molecule has 2 aliphatic rings. The molecule has 0 saturated carbocycles. The van der Waals surface area contributed by atoms with Gasteiger partial charge in [-0.15, -0.1) is 0 Å². The summed E-state index contributed by atoms with van der Waals surface area (Å²) in [6, 6.07) is 0.238. The number of nitrogens with two attached hydrogens (primary N) is 1. The second-order valence-corrected chi connectivity index (χ2v) is 6.09. The number of ether oxygens (including phenoxy) is 1. The zero-order valence-corrected chi connectivity index (χ0v) is 12.3. The molecule has 120 valence electrons. The van der Waals surface area contributed by atoms with Crippen LogP contribution >= 0.6 is 0 Å². The Labute approximate surface area is 124 Å². The molecule has 2 saturated heterocycles. The first-order valence-electron chi connectivity index (χ1n) is 7.58. The van der Waals surface area contributed by atoms with E-state index in [1.165, 1.54) is 0 Å². The molecule has 0 aromatic heterocycles. The van der Waals surface area contributed by atoms with Crippen LogP contribution in [0.4, 0.5) is 0 Å². The number of likely N-dealkylation sites (tertiary alicyclic amines) is 1. The molecule has 0 aromatic rings. The van der Waals surface area contributed by atoms with Crippen LogP contribution in [0, 0.1) is 5.41 Å². The number of carboxylic acid groups (broad SMARTS) is 1. The fourth-order valence-corrected chi connectivity index (χ4v) is 2.87. The second-order valence-electron chi connectivity index (χ2n) is 6.09. The predicted octanol–water partition coefficient (Wildman–Crippen LogP) is -0.593. The third-order valence-corrected chi connectivity index (χ3v) is 4.53. The summed E-state index contributed by atoms with van der Waals surface area (Å²) in [7, 11) is 0. The Balaban J connectivity index is 1.78. The van der Waals surface area contributed by atoms with E-state index in [0.29, 0.717) is 32.6 Å². The van der Waals surface area contributed by atoms with Gasteiger partial charge in [-0.2, -0.15) is 0 Å². The van der Waals surface area contributed by atoms with Crippen LogP contribution in [0.1, 0.15) is 25.7 Å². The van der Waals surface area contributed by atoms with Gasteiger partial charge < -0.3 is 20.9 Å². The van der Waals surface area contributed by atoms with Crippen molar-refractivity contribution < 1.29 is 19.4 Å². The first kappa shape index (κ1) is 16.2. The molecule has 21 heavy (non-hydrogen) atoms. The number of carbonyl (C=O) groups is 2. The Morgan fingerprint density at radius 1 is 1.29 bits per heavy atom. The van der Waals surface area contributed by atoms with Crippen LogP contribution in [-0.4, -0.2) is 67.3 Å². The Hall–Kier alpha value is -1.18. The van der Waals surface area contributed by atoms with Gasteiger partial charge in [-0.05, 0) is 25.7 Å². The van der Waals surface area contributed by atoms with Crippen molar-refractivity contribution in [1.82, 2.24) is 10.2 Å². The number of nitrogens with one attached hydrogen (secondary N) is 1. The molecular formula is C14H25N3O4. The van der Waals surface area contributed by atoms with Crippen LogP contribution in [-0.2, 0) is 14.3 Å². The zero-order chi connectivity index (χ0) is 15.3. The van der Waals surface area contributed by atoms with Crippen LogP contribution in [0.5, 0.6) is 0 Å². The van der Waals surface area contributed by atoms with Crippen molar-refractivity contribution in [3.8, 4) is 0 Å². The molecule has 2 fully saturated rings. The maximum atomic E-state index is 12.0. The molecule has 7 nitrogen and oxygen atoms in total. The van der Waals surface area contributed by atoms with Crippen LogP contribution in [0.2, 0.25) is 0 Å². The van der Waals surface area contributed by atoms with E-state index in [1.54, 1.807) is 0 Å². The van der Waals surface area contributed by atoms with E-state index in [2.05, 4.69) is 10.2 Å². The molecule has 7 heteroatoms. The highest BCUT2D eigenvalue weighted by atomic mass is 16.5. The standard InChI is InChI=1S/C14H25N3O4/c15-11-1-5-17(6-2-11)9-12(18)16-10-14(13(19)20)3-7-21-8-4-14/h11H,1-10,15H2,(H,16,18)(H,19,20). The summed E-state index contributed by atoms with van der Waals surface area (Å²) < 4.78 is 5.22. The molecule has 0 spiro atoms. The van der Waals surface area contributed by atoms with Crippen molar-refractivity contribution in [2.45, 2.75) is 31.7 Å². The number of rotatable bonds is 5. The lowest BCUT2D eigenvalue weighted by Crippen LogP contribution is -2.49. The third-order valence-electron chi connectivity index (χ3n) is 4.53. The molecule has 0 aliphatic carbocycles. The lowest BCUT2D eigenvalue weighted by molar-refractivity contribution is -0.154. The Morgan fingerprint density at radius 2 is 1.90 bits per heavy atom. The summed E-state index contributed by atoms with van der Waals surface area (Å²) >= 11 is 0. The van der Waals surface area contributed by atoms with Gasteiger partial charge in [0.05, 0.1) is 12.0 Å². The molecule has 0 bridgehead atoms. The van der Waals surface area contributed by atoms with Gasteiger partial charge in [-0.25, -0.2) is 0 Å². The van der Waals surface area contributed by atoms with E-state index in [0.717, 1.165) is 25.9 Å². The number of aliphatic carboxylic acids is 1. The fraction of sp³-hybridized carbons (Fsp3) is 0.857. The topological polar surface area (TPSA) is 105 Å². The van der Waals surface area contributed by atoms with Crippen LogP contribution < -0.4 is 11.1 Å².